The van der Waals surface area contributed by atoms with Crippen LogP contribution in [0.15, 0.2) is 59.3 Å². The minimum Gasteiger partial charge on any atom is -0.459 e. The largest absolute Gasteiger partial charge is 0.459 e. The number of rotatable bonds is 4. The molecule has 0 radical (unpaired) electrons. The van der Waals surface area contributed by atoms with Crippen molar-refractivity contribution in [1.29, 1.82) is 0 Å². The smallest absolute Gasteiger partial charge is 0.291 e. The maximum atomic E-state index is 12.4. The molecular formula is C18H14ClN3O3. The number of hydrogen-bond acceptors (Lipinski definition) is 4. The van der Waals surface area contributed by atoms with E-state index < -0.39 is 0 Å². The first kappa shape index (κ1) is 16.7. The first-order chi connectivity index (χ1) is 12.0. The fourth-order valence-corrected chi connectivity index (χ4v) is 2.24. The molecule has 2 aromatic heterocycles. The van der Waals surface area contributed by atoms with Gasteiger partial charge in [-0.15, -0.1) is 0 Å². The van der Waals surface area contributed by atoms with Crippen LogP contribution in [0.25, 0.3) is 0 Å². The third-order valence-corrected chi connectivity index (χ3v) is 3.69. The number of carbonyl (C=O) groups is 2. The van der Waals surface area contributed by atoms with Gasteiger partial charge in [-0.05, 0) is 48.9 Å². The molecule has 3 rings (SSSR count). The van der Waals surface area contributed by atoms with E-state index in [1.807, 2.05) is 6.92 Å². The van der Waals surface area contributed by atoms with Gasteiger partial charge >= 0.3 is 0 Å². The Morgan fingerprint density at radius 1 is 1.08 bits per heavy atom. The molecule has 0 aliphatic heterocycles. The highest BCUT2D eigenvalue weighted by Crippen LogP contribution is 2.19. The number of anilines is 2. The number of amides is 2. The van der Waals surface area contributed by atoms with E-state index in [1.54, 1.807) is 42.5 Å². The Bertz CT molecular complexity index is 906. The minimum absolute atomic E-state index is 0.194. The number of furan rings is 1. The molecule has 0 aliphatic carbocycles. The Morgan fingerprint density at radius 2 is 1.92 bits per heavy atom. The Kier molecular flexibility index (Phi) is 4.81. The second-order valence-corrected chi connectivity index (χ2v) is 5.71. The van der Waals surface area contributed by atoms with E-state index in [-0.39, 0.29) is 17.6 Å². The normalized spacial score (nSPS) is 10.3. The van der Waals surface area contributed by atoms with Crippen LogP contribution < -0.4 is 10.6 Å². The molecule has 25 heavy (non-hydrogen) atoms. The van der Waals surface area contributed by atoms with Crippen molar-refractivity contribution in [2.75, 3.05) is 10.6 Å². The molecule has 0 unspecified atom stereocenters. The molecule has 6 nitrogen and oxygen atoms in total. The van der Waals surface area contributed by atoms with E-state index in [9.17, 15) is 9.59 Å². The van der Waals surface area contributed by atoms with Crippen LogP contribution in [-0.4, -0.2) is 16.8 Å². The quantitative estimate of drug-likeness (QED) is 0.736. The zero-order chi connectivity index (χ0) is 17.8. The summed E-state index contributed by atoms with van der Waals surface area (Å²) in [5, 5.41) is 5.89. The Balaban J connectivity index is 1.77. The topological polar surface area (TPSA) is 84.2 Å². The molecule has 0 saturated heterocycles. The summed E-state index contributed by atoms with van der Waals surface area (Å²) in [6, 6.07) is 11.5. The zero-order valence-corrected chi connectivity index (χ0v) is 14.0. The number of pyridine rings is 1. The highest BCUT2D eigenvalue weighted by Gasteiger charge is 2.13. The van der Waals surface area contributed by atoms with E-state index in [0.29, 0.717) is 22.1 Å². The van der Waals surface area contributed by atoms with Crippen molar-refractivity contribution >= 4 is 34.9 Å². The van der Waals surface area contributed by atoms with Gasteiger partial charge in [0.2, 0.25) is 0 Å². The lowest BCUT2D eigenvalue weighted by Gasteiger charge is -2.10. The van der Waals surface area contributed by atoms with Crippen molar-refractivity contribution < 1.29 is 14.0 Å². The van der Waals surface area contributed by atoms with Crippen molar-refractivity contribution in [1.82, 2.24) is 4.98 Å². The lowest BCUT2D eigenvalue weighted by Crippen LogP contribution is -2.15. The van der Waals surface area contributed by atoms with Crippen LogP contribution in [0, 0.1) is 6.92 Å². The first-order valence-electron chi connectivity index (χ1n) is 7.41. The van der Waals surface area contributed by atoms with Gasteiger partial charge in [0.1, 0.15) is 5.82 Å². The molecule has 2 N–H and O–H groups in total. The first-order valence-corrected chi connectivity index (χ1v) is 7.79. The summed E-state index contributed by atoms with van der Waals surface area (Å²) in [5.41, 5.74) is 1.73. The number of hydrogen-bond donors (Lipinski definition) is 2. The van der Waals surface area contributed by atoms with Crippen molar-refractivity contribution in [3.63, 3.8) is 0 Å². The fraction of sp³-hybridized carbons (Fsp3) is 0.0556. The lowest BCUT2D eigenvalue weighted by molar-refractivity contribution is 0.0993. The van der Waals surface area contributed by atoms with Gasteiger partial charge in [0.25, 0.3) is 11.8 Å². The van der Waals surface area contributed by atoms with E-state index in [0.717, 1.165) is 5.56 Å². The number of nitrogens with one attached hydrogen (secondary N) is 2. The summed E-state index contributed by atoms with van der Waals surface area (Å²) >= 11 is 5.77. The number of aryl methyl sites for hydroxylation is 1. The molecule has 0 aliphatic rings. The second-order valence-electron chi connectivity index (χ2n) is 5.28. The SMILES string of the molecule is Cc1ccc(C(=O)Nc2ccc(Cl)cn2)cc1NC(=O)c1ccco1. The number of aromatic nitrogens is 1. The molecule has 7 heteroatoms. The summed E-state index contributed by atoms with van der Waals surface area (Å²) in [6.45, 7) is 1.83. The molecule has 0 saturated carbocycles. The third kappa shape index (κ3) is 4.05. The van der Waals surface area contributed by atoms with Gasteiger partial charge in [-0.2, -0.15) is 0 Å². The van der Waals surface area contributed by atoms with Gasteiger partial charge in [0.15, 0.2) is 5.76 Å². The molecule has 2 amide bonds. The van der Waals surface area contributed by atoms with Crippen molar-refractivity contribution in [2.24, 2.45) is 0 Å². The van der Waals surface area contributed by atoms with Crippen LogP contribution in [0.4, 0.5) is 11.5 Å². The van der Waals surface area contributed by atoms with Crippen molar-refractivity contribution in [2.45, 2.75) is 6.92 Å². The average molecular weight is 356 g/mol. The van der Waals surface area contributed by atoms with Crippen LogP contribution in [0.2, 0.25) is 5.02 Å². The van der Waals surface area contributed by atoms with Crippen LogP contribution in [0.5, 0.6) is 0 Å². The van der Waals surface area contributed by atoms with Crippen LogP contribution >= 0.6 is 11.6 Å². The molecule has 2 heterocycles. The molecule has 0 atom stereocenters. The van der Waals surface area contributed by atoms with Gasteiger partial charge < -0.3 is 15.1 Å². The van der Waals surface area contributed by atoms with Crippen molar-refractivity contribution in [3.05, 3.63) is 76.8 Å². The molecule has 1 aromatic carbocycles. The van der Waals surface area contributed by atoms with Crippen LogP contribution in [0.3, 0.4) is 0 Å². The molecular weight excluding hydrogens is 342 g/mol. The van der Waals surface area contributed by atoms with Gasteiger partial charge in [0, 0.05) is 17.4 Å². The second kappa shape index (κ2) is 7.19. The number of halogens is 1. The predicted octanol–water partition coefficient (Wildman–Crippen LogP) is 4.14. The number of carbonyl (C=O) groups excluding carboxylic acids is 2. The molecule has 3 aromatic rings. The average Bonchev–Trinajstić information content (AvgIpc) is 3.13. The maximum absolute atomic E-state index is 12.4. The highest BCUT2D eigenvalue weighted by atomic mass is 35.5. The Morgan fingerprint density at radius 3 is 2.60 bits per heavy atom. The highest BCUT2D eigenvalue weighted by molar-refractivity contribution is 6.30. The monoisotopic (exact) mass is 355 g/mol. The van der Waals surface area contributed by atoms with Crippen molar-refractivity contribution in [3.8, 4) is 0 Å². The summed E-state index contributed by atoms with van der Waals surface area (Å²) in [5.74, 6) is -0.149. The molecule has 0 spiro atoms. The zero-order valence-electron chi connectivity index (χ0n) is 13.2. The third-order valence-electron chi connectivity index (χ3n) is 3.46. The molecule has 126 valence electrons. The van der Waals surface area contributed by atoms with Crippen LogP contribution in [0.1, 0.15) is 26.5 Å². The van der Waals surface area contributed by atoms with E-state index in [1.165, 1.54) is 12.5 Å². The summed E-state index contributed by atoms with van der Waals surface area (Å²) in [6.07, 6.45) is 2.87. The Labute approximate surface area is 148 Å². The van der Waals surface area contributed by atoms with Crippen LogP contribution in [-0.2, 0) is 0 Å². The minimum atomic E-state index is -0.384. The number of benzene rings is 1. The van der Waals surface area contributed by atoms with Gasteiger partial charge in [-0.25, -0.2) is 4.98 Å². The Hall–Kier alpha value is -3.12. The summed E-state index contributed by atoms with van der Waals surface area (Å²) in [4.78, 5) is 28.5. The van der Waals surface area contributed by atoms with E-state index in [4.69, 9.17) is 16.0 Å². The van der Waals surface area contributed by atoms with Gasteiger partial charge in [-0.1, -0.05) is 17.7 Å². The summed E-state index contributed by atoms with van der Waals surface area (Å²) in [7, 11) is 0. The molecule has 0 bridgehead atoms. The maximum Gasteiger partial charge on any atom is 0.291 e. The number of nitrogens with zero attached hydrogens (tertiary/aromatic N) is 1. The predicted molar refractivity (Wildman–Crippen MR) is 95.0 cm³/mol. The fourth-order valence-electron chi connectivity index (χ4n) is 2.13. The lowest BCUT2D eigenvalue weighted by atomic mass is 10.1. The van der Waals surface area contributed by atoms with E-state index >= 15 is 0 Å². The van der Waals surface area contributed by atoms with E-state index in [2.05, 4.69) is 15.6 Å². The van der Waals surface area contributed by atoms with Gasteiger partial charge in [-0.3, -0.25) is 9.59 Å². The summed E-state index contributed by atoms with van der Waals surface area (Å²) < 4.78 is 5.06. The molecule has 0 fully saturated rings. The standard InChI is InChI=1S/C18H14ClN3O3/c1-11-4-5-12(17(23)22-16-7-6-13(19)10-20-16)9-14(11)21-18(24)15-3-2-8-25-15/h2-10H,1H3,(H,21,24)(H,20,22,23). The van der Waals surface area contributed by atoms with Gasteiger partial charge in [0.05, 0.1) is 11.3 Å².